The molecule has 1 unspecified atom stereocenters. The highest BCUT2D eigenvalue weighted by molar-refractivity contribution is 4.52. The average molecular weight is 171 g/mol. The third kappa shape index (κ3) is 7.61. The summed E-state index contributed by atoms with van der Waals surface area (Å²) in [5.74, 6) is 0. The lowest BCUT2D eigenvalue weighted by atomic mass is 10.4. The lowest BCUT2D eigenvalue weighted by molar-refractivity contribution is -0.148. The van der Waals surface area contributed by atoms with E-state index in [9.17, 15) is 13.2 Å². The normalized spacial score (nSPS) is 15.0. The molecule has 68 valence electrons. The summed E-state index contributed by atoms with van der Waals surface area (Å²) in [5, 5.41) is 0. The monoisotopic (exact) mass is 171 g/mol. The Balaban J connectivity index is 3.28. The van der Waals surface area contributed by atoms with Crippen molar-refractivity contribution in [1.29, 1.82) is 0 Å². The van der Waals surface area contributed by atoms with Crippen molar-refractivity contribution in [3.05, 3.63) is 0 Å². The molecule has 1 atom stereocenters. The zero-order valence-corrected chi connectivity index (χ0v) is 6.32. The van der Waals surface area contributed by atoms with E-state index in [1.165, 1.54) is 0 Å². The molecule has 11 heavy (non-hydrogen) atoms. The van der Waals surface area contributed by atoms with Gasteiger partial charge >= 0.3 is 6.18 Å². The van der Waals surface area contributed by atoms with Crippen molar-refractivity contribution in [2.45, 2.75) is 25.6 Å². The molecule has 0 aromatic heterocycles. The van der Waals surface area contributed by atoms with Crippen LogP contribution >= 0.6 is 0 Å². The van der Waals surface area contributed by atoms with E-state index >= 15 is 0 Å². The molecule has 0 bridgehead atoms. The molecule has 0 aromatic carbocycles. The van der Waals surface area contributed by atoms with E-state index in [1.54, 1.807) is 6.92 Å². The van der Waals surface area contributed by atoms with E-state index < -0.39 is 12.6 Å². The van der Waals surface area contributed by atoms with Gasteiger partial charge in [0.2, 0.25) is 0 Å². The molecule has 0 aliphatic heterocycles. The van der Waals surface area contributed by atoms with Gasteiger partial charge in [-0.3, -0.25) is 0 Å². The second-order valence-electron chi connectivity index (χ2n) is 2.28. The van der Waals surface area contributed by atoms with Gasteiger partial charge in [0.25, 0.3) is 0 Å². The number of hydrogen-bond donors (Lipinski definition) is 1. The Morgan fingerprint density at radius 3 is 2.36 bits per heavy atom. The van der Waals surface area contributed by atoms with Crippen LogP contribution in [0.15, 0.2) is 0 Å². The van der Waals surface area contributed by atoms with Crippen molar-refractivity contribution in [3.63, 3.8) is 0 Å². The number of ether oxygens (including phenoxy) is 1. The maximum Gasteiger partial charge on any atom is 0.391 e. The number of rotatable bonds is 4. The molecule has 0 rings (SSSR count). The van der Waals surface area contributed by atoms with Crippen molar-refractivity contribution in [1.82, 2.24) is 0 Å². The maximum absolute atomic E-state index is 11.5. The molecule has 0 heterocycles. The van der Waals surface area contributed by atoms with Crippen molar-refractivity contribution in [3.8, 4) is 0 Å². The molecule has 0 aliphatic carbocycles. The van der Waals surface area contributed by atoms with Crippen LogP contribution in [0.1, 0.15) is 13.3 Å². The lowest BCUT2D eigenvalue weighted by Gasteiger charge is -2.11. The molecule has 0 aromatic rings. The van der Waals surface area contributed by atoms with Gasteiger partial charge in [0.05, 0.1) is 19.1 Å². The Kier molecular flexibility index (Phi) is 4.44. The van der Waals surface area contributed by atoms with Gasteiger partial charge in [-0.25, -0.2) is 0 Å². The molecular weight excluding hydrogens is 159 g/mol. The van der Waals surface area contributed by atoms with Gasteiger partial charge < -0.3 is 10.5 Å². The maximum atomic E-state index is 11.5. The van der Waals surface area contributed by atoms with Crippen LogP contribution in [-0.2, 0) is 4.74 Å². The fourth-order valence-corrected chi connectivity index (χ4v) is 0.444. The van der Waals surface area contributed by atoms with E-state index in [1.807, 2.05) is 0 Å². The van der Waals surface area contributed by atoms with Crippen LogP contribution in [0.4, 0.5) is 13.2 Å². The van der Waals surface area contributed by atoms with Crippen LogP contribution in [0.2, 0.25) is 0 Å². The first-order chi connectivity index (χ1) is 4.95. The Hall–Kier alpha value is -0.290. The third-order valence-corrected chi connectivity index (χ3v) is 1.12. The van der Waals surface area contributed by atoms with Gasteiger partial charge in [0.1, 0.15) is 0 Å². The number of halogens is 3. The minimum absolute atomic E-state index is 0.248. The Morgan fingerprint density at radius 1 is 1.45 bits per heavy atom. The van der Waals surface area contributed by atoms with E-state index in [0.717, 1.165) is 0 Å². The zero-order chi connectivity index (χ0) is 8.91. The average Bonchev–Trinajstić information content (AvgIpc) is 1.85. The quantitative estimate of drug-likeness (QED) is 0.692. The molecule has 0 radical (unpaired) electrons. The predicted molar refractivity (Wildman–Crippen MR) is 35.1 cm³/mol. The predicted octanol–water partition coefficient (Wildman–Crippen LogP) is 1.30. The van der Waals surface area contributed by atoms with Crippen molar-refractivity contribution in [2.24, 2.45) is 5.73 Å². The first kappa shape index (κ1) is 10.7. The fraction of sp³-hybridized carbons (Fsp3) is 1.00. The largest absolute Gasteiger partial charge is 0.391 e. The highest BCUT2D eigenvalue weighted by atomic mass is 19.4. The summed E-state index contributed by atoms with van der Waals surface area (Å²) in [4.78, 5) is 0. The van der Waals surface area contributed by atoms with E-state index in [0.29, 0.717) is 0 Å². The SMILES string of the molecule is CC(CN)OCCC(F)(F)F. The standard InChI is InChI=1S/C6H12F3NO/c1-5(4-10)11-3-2-6(7,8)9/h5H,2-4,10H2,1H3. The minimum atomic E-state index is -4.13. The molecule has 0 saturated heterocycles. The van der Waals surface area contributed by atoms with Crippen LogP contribution in [0.5, 0.6) is 0 Å². The Labute approximate surface area is 63.5 Å². The Morgan fingerprint density at radius 2 is 2.00 bits per heavy atom. The van der Waals surface area contributed by atoms with E-state index in [-0.39, 0.29) is 19.3 Å². The van der Waals surface area contributed by atoms with Crippen LogP contribution in [-0.4, -0.2) is 25.4 Å². The van der Waals surface area contributed by atoms with Gasteiger partial charge in [0.15, 0.2) is 0 Å². The third-order valence-electron chi connectivity index (χ3n) is 1.12. The highest BCUT2D eigenvalue weighted by Gasteiger charge is 2.26. The summed E-state index contributed by atoms with van der Waals surface area (Å²) < 4.78 is 39.2. The number of nitrogens with two attached hydrogens (primary N) is 1. The number of alkyl halides is 3. The Bertz CT molecular complexity index is 104. The summed E-state index contributed by atoms with van der Waals surface area (Å²) in [6.07, 6.45) is -5.33. The first-order valence-corrected chi connectivity index (χ1v) is 3.34. The fourth-order valence-electron chi connectivity index (χ4n) is 0.444. The van der Waals surface area contributed by atoms with Crippen LogP contribution in [0.25, 0.3) is 0 Å². The van der Waals surface area contributed by atoms with Gasteiger partial charge in [-0.2, -0.15) is 13.2 Å². The molecular formula is C6H12F3NO. The minimum Gasteiger partial charge on any atom is -0.377 e. The number of hydrogen-bond acceptors (Lipinski definition) is 2. The van der Waals surface area contributed by atoms with Gasteiger partial charge in [-0.1, -0.05) is 0 Å². The van der Waals surface area contributed by atoms with Crippen LogP contribution in [0.3, 0.4) is 0 Å². The van der Waals surface area contributed by atoms with Gasteiger partial charge in [-0.05, 0) is 6.92 Å². The molecule has 0 aliphatic rings. The zero-order valence-electron chi connectivity index (χ0n) is 6.32. The molecule has 5 heteroatoms. The van der Waals surface area contributed by atoms with Crippen molar-refractivity contribution < 1.29 is 17.9 Å². The van der Waals surface area contributed by atoms with Gasteiger partial charge in [-0.15, -0.1) is 0 Å². The second kappa shape index (κ2) is 4.56. The van der Waals surface area contributed by atoms with E-state index in [4.69, 9.17) is 10.5 Å². The van der Waals surface area contributed by atoms with Crippen LogP contribution < -0.4 is 5.73 Å². The van der Waals surface area contributed by atoms with Crippen molar-refractivity contribution in [2.75, 3.05) is 13.2 Å². The molecule has 0 fully saturated rings. The second-order valence-corrected chi connectivity index (χ2v) is 2.28. The lowest BCUT2D eigenvalue weighted by Crippen LogP contribution is -2.22. The summed E-state index contributed by atoms with van der Waals surface area (Å²) in [6.45, 7) is 1.58. The van der Waals surface area contributed by atoms with Crippen molar-refractivity contribution >= 4 is 0 Å². The summed E-state index contributed by atoms with van der Waals surface area (Å²) >= 11 is 0. The first-order valence-electron chi connectivity index (χ1n) is 3.34. The van der Waals surface area contributed by atoms with Crippen LogP contribution in [0, 0.1) is 0 Å². The summed E-state index contributed by atoms with van der Waals surface area (Å²) in [7, 11) is 0. The highest BCUT2D eigenvalue weighted by Crippen LogP contribution is 2.19. The molecule has 0 saturated carbocycles. The molecule has 2 nitrogen and oxygen atoms in total. The molecule has 0 spiro atoms. The van der Waals surface area contributed by atoms with E-state index in [2.05, 4.69) is 0 Å². The summed E-state index contributed by atoms with van der Waals surface area (Å²) in [5.41, 5.74) is 5.12. The van der Waals surface area contributed by atoms with Gasteiger partial charge in [0, 0.05) is 6.54 Å². The topological polar surface area (TPSA) is 35.2 Å². The smallest absolute Gasteiger partial charge is 0.377 e. The molecule has 2 N–H and O–H groups in total. The summed E-state index contributed by atoms with van der Waals surface area (Å²) in [6, 6.07) is 0. The molecule has 0 amide bonds.